The number of urea groups is 1. The van der Waals surface area contributed by atoms with Crippen LogP contribution in [0.5, 0.6) is 0 Å². The van der Waals surface area contributed by atoms with Crippen LogP contribution < -0.4 is 5.32 Å². The van der Waals surface area contributed by atoms with Crippen LogP contribution in [0.15, 0.2) is 30.3 Å². The molecule has 2 atom stereocenters. The molecule has 1 aliphatic carbocycles. The molecule has 2 N–H and O–H groups in total. The van der Waals surface area contributed by atoms with Crippen molar-refractivity contribution in [3.63, 3.8) is 0 Å². The molecule has 1 aromatic carbocycles. The second-order valence-corrected chi connectivity index (χ2v) is 5.98. The monoisotopic (exact) mass is 262 g/mol. The van der Waals surface area contributed by atoms with Crippen molar-refractivity contribution in [1.82, 2.24) is 10.2 Å². The standard InChI is InChI=1S/C15H22N2O2/c1-15(2,19)10-17(3)14(18)16-13-9-12(13)11-7-5-4-6-8-11/h4-8,12-13,19H,9-10H2,1-3H3,(H,16,18). The lowest BCUT2D eigenvalue weighted by molar-refractivity contribution is 0.0531. The van der Waals surface area contributed by atoms with Gasteiger partial charge in [-0.1, -0.05) is 30.3 Å². The Morgan fingerprint density at radius 3 is 2.63 bits per heavy atom. The topological polar surface area (TPSA) is 52.6 Å². The van der Waals surface area contributed by atoms with Gasteiger partial charge in [-0.25, -0.2) is 4.79 Å². The molecule has 2 amide bonds. The summed E-state index contributed by atoms with van der Waals surface area (Å²) in [6.07, 6.45) is 0.992. The Morgan fingerprint density at radius 1 is 1.42 bits per heavy atom. The highest BCUT2D eigenvalue weighted by Crippen LogP contribution is 2.40. The molecule has 0 spiro atoms. The predicted molar refractivity (Wildman–Crippen MR) is 75.0 cm³/mol. The molecule has 1 fully saturated rings. The SMILES string of the molecule is CN(CC(C)(C)O)C(=O)NC1CC1c1ccccc1. The van der Waals surface area contributed by atoms with Gasteiger partial charge in [0, 0.05) is 19.0 Å². The fraction of sp³-hybridized carbons (Fsp3) is 0.533. The van der Waals surface area contributed by atoms with Gasteiger partial charge in [-0.2, -0.15) is 0 Å². The minimum Gasteiger partial charge on any atom is -0.389 e. The highest BCUT2D eigenvalue weighted by molar-refractivity contribution is 5.75. The molecule has 0 heterocycles. The molecule has 1 saturated carbocycles. The first-order valence-electron chi connectivity index (χ1n) is 6.66. The Labute approximate surface area is 114 Å². The molecule has 0 saturated heterocycles. The number of nitrogens with zero attached hydrogens (tertiary/aromatic N) is 1. The number of aliphatic hydroxyl groups is 1. The van der Waals surface area contributed by atoms with Gasteiger partial charge in [0.15, 0.2) is 0 Å². The summed E-state index contributed by atoms with van der Waals surface area (Å²) >= 11 is 0. The van der Waals surface area contributed by atoms with E-state index in [0.29, 0.717) is 12.5 Å². The number of carbonyl (C=O) groups is 1. The van der Waals surface area contributed by atoms with Crippen LogP contribution in [0.1, 0.15) is 31.7 Å². The lowest BCUT2D eigenvalue weighted by Gasteiger charge is -2.25. The molecular weight excluding hydrogens is 240 g/mol. The van der Waals surface area contributed by atoms with Crippen LogP contribution in [0.4, 0.5) is 4.79 Å². The molecule has 1 aromatic rings. The van der Waals surface area contributed by atoms with Crippen LogP contribution in [0.3, 0.4) is 0 Å². The van der Waals surface area contributed by atoms with Crippen molar-refractivity contribution in [2.45, 2.75) is 37.8 Å². The van der Waals surface area contributed by atoms with Gasteiger partial charge in [0.05, 0.1) is 12.1 Å². The molecule has 0 aliphatic heterocycles. The van der Waals surface area contributed by atoms with E-state index in [2.05, 4.69) is 17.4 Å². The van der Waals surface area contributed by atoms with Crippen molar-refractivity contribution in [2.24, 2.45) is 0 Å². The van der Waals surface area contributed by atoms with Gasteiger partial charge in [-0.3, -0.25) is 0 Å². The van der Waals surface area contributed by atoms with E-state index in [4.69, 9.17) is 0 Å². The number of rotatable bonds is 4. The molecule has 0 aromatic heterocycles. The first kappa shape index (κ1) is 13.9. The van der Waals surface area contributed by atoms with Crippen LogP contribution in [-0.2, 0) is 0 Å². The van der Waals surface area contributed by atoms with E-state index in [1.165, 1.54) is 10.5 Å². The first-order valence-corrected chi connectivity index (χ1v) is 6.66. The van der Waals surface area contributed by atoms with E-state index in [1.807, 2.05) is 18.2 Å². The number of carbonyl (C=O) groups excluding carboxylic acids is 1. The zero-order chi connectivity index (χ0) is 14.0. The molecular formula is C15H22N2O2. The molecule has 104 valence electrons. The van der Waals surface area contributed by atoms with Crippen molar-refractivity contribution in [2.75, 3.05) is 13.6 Å². The van der Waals surface area contributed by atoms with Crippen molar-refractivity contribution in [3.05, 3.63) is 35.9 Å². The maximum atomic E-state index is 12.0. The quantitative estimate of drug-likeness (QED) is 0.871. The molecule has 0 radical (unpaired) electrons. The number of hydrogen-bond donors (Lipinski definition) is 2. The largest absolute Gasteiger partial charge is 0.389 e. The van der Waals surface area contributed by atoms with Gasteiger partial charge in [0.2, 0.25) is 0 Å². The highest BCUT2D eigenvalue weighted by atomic mass is 16.3. The Kier molecular flexibility index (Phi) is 3.80. The number of nitrogens with one attached hydrogen (secondary N) is 1. The zero-order valence-electron chi connectivity index (χ0n) is 11.8. The third kappa shape index (κ3) is 3.96. The lowest BCUT2D eigenvalue weighted by atomic mass is 10.1. The normalized spacial score (nSPS) is 21.9. The average Bonchev–Trinajstić information content (AvgIpc) is 3.07. The maximum absolute atomic E-state index is 12.0. The summed E-state index contributed by atoms with van der Waals surface area (Å²) in [4.78, 5) is 13.5. The van der Waals surface area contributed by atoms with Gasteiger partial charge in [-0.05, 0) is 25.8 Å². The Balaban J connectivity index is 1.82. The molecule has 4 nitrogen and oxygen atoms in total. The molecule has 2 unspecified atom stereocenters. The number of benzene rings is 1. The van der Waals surface area contributed by atoms with Gasteiger partial charge in [0.25, 0.3) is 0 Å². The van der Waals surface area contributed by atoms with Crippen LogP contribution in [0, 0.1) is 0 Å². The first-order chi connectivity index (χ1) is 8.87. The summed E-state index contributed by atoms with van der Waals surface area (Å²) in [5, 5.41) is 12.7. The van der Waals surface area contributed by atoms with Crippen LogP contribution >= 0.6 is 0 Å². The van der Waals surface area contributed by atoms with Crippen molar-refractivity contribution < 1.29 is 9.90 Å². The summed E-state index contributed by atoms with van der Waals surface area (Å²) in [6, 6.07) is 10.3. The van der Waals surface area contributed by atoms with Crippen LogP contribution in [0.25, 0.3) is 0 Å². The minimum absolute atomic E-state index is 0.120. The van der Waals surface area contributed by atoms with Crippen LogP contribution in [-0.4, -0.2) is 41.3 Å². The van der Waals surface area contributed by atoms with Gasteiger partial charge in [0.1, 0.15) is 0 Å². The fourth-order valence-electron chi connectivity index (χ4n) is 2.34. The smallest absolute Gasteiger partial charge is 0.317 e. The Hall–Kier alpha value is -1.55. The number of hydrogen-bond acceptors (Lipinski definition) is 2. The fourth-order valence-corrected chi connectivity index (χ4v) is 2.34. The summed E-state index contributed by atoms with van der Waals surface area (Å²) in [7, 11) is 1.70. The van der Waals surface area contributed by atoms with E-state index in [9.17, 15) is 9.90 Å². The minimum atomic E-state index is -0.867. The Bertz CT molecular complexity index is 439. The van der Waals surface area contributed by atoms with Crippen molar-refractivity contribution in [1.29, 1.82) is 0 Å². The number of amides is 2. The molecule has 0 bridgehead atoms. The predicted octanol–water partition coefficient (Wildman–Crippen LogP) is 1.95. The summed E-state index contributed by atoms with van der Waals surface area (Å²) in [5.74, 6) is 0.431. The highest BCUT2D eigenvalue weighted by Gasteiger charge is 2.40. The molecule has 4 heteroatoms. The summed E-state index contributed by atoms with van der Waals surface area (Å²) in [6.45, 7) is 3.71. The lowest BCUT2D eigenvalue weighted by Crippen LogP contribution is -2.45. The third-order valence-electron chi connectivity index (χ3n) is 3.30. The van der Waals surface area contributed by atoms with E-state index in [1.54, 1.807) is 20.9 Å². The molecule has 19 heavy (non-hydrogen) atoms. The van der Waals surface area contributed by atoms with E-state index < -0.39 is 5.60 Å². The summed E-state index contributed by atoms with van der Waals surface area (Å²) in [5.41, 5.74) is 0.409. The van der Waals surface area contributed by atoms with E-state index in [-0.39, 0.29) is 12.1 Å². The second-order valence-electron chi connectivity index (χ2n) is 5.98. The second kappa shape index (κ2) is 5.21. The molecule has 1 aliphatic rings. The van der Waals surface area contributed by atoms with Gasteiger partial charge < -0.3 is 15.3 Å². The van der Waals surface area contributed by atoms with E-state index >= 15 is 0 Å². The Morgan fingerprint density at radius 2 is 2.05 bits per heavy atom. The van der Waals surface area contributed by atoms with E-state index in [0.717, 1.165) is 6.42 Å². The van der Waals surface area contributed by atoms with Crippen molar-refractivity contribution in [3.8, 4) is 0 Å². The van der Waals surface area contributed by atoms with Gasteiger partial charge in [-0.15, -0.1) is 0 Å². The van der Waals surface area contributed by atoms with Crippen molar-refractivity contribution >= 4 is 6.03 Å². The molecule has 2 rings (SSSR count). The van der Waals surface area contributed by atoms with Crippen LogP contribution in [0.2, 0.25) is 0 Å². The average molecular weight is 262 g/mol. The third-order valence-corrected chi connectivity index (χ3v) is 3.30. The maximum Gasteiger partial charge on any atom is 0.317 e. The zero-order valence-corrected chi connectivity index (χ0v) is 11.8. The number of likely N-dealkylation sites (N-methyl/N-ethyl adjacent to an activating group) is 1. The summed E-state index contributed by atoms with van der Waals surface area (Å²) < 4.78 is 0. The van der Waals surface area contributed by atoms with Gasteiger partial charge >= 0.3 is 6.03 Å².